The zero-order valence-electron chi connectivity index (χ0n) is 10.6. The SMILES string of the molecule is N#CC1(NC(=O)Nc2ccc(Cl)cc2)CCCCC1. The molecule has 100 valence electrons. The highest BCUT2D eigenvalue weighted by atomic mass is 35.5. The fourth-order valence-electron chi connectivity index (χ4n) is 2.33. The minimum atomic E-state index is -0.714. The minimum absolute atomic E-state index is 0.342. The third-order valence-corrected chi connectivity index (χ3v) is 3.63. The summed E-state index contributed by atoms with van der Waals surface area (Å²) in [6.07, 6.45) is 4.53. The number of urea groups is 1. The van der Waals surface area contributed by atoms with Gasteiger partial charge in [-0.1, -0.05) is 30.9 Å². The summed E-state index contributed by atoms with van der Waals surface area (Å²) >= 11 is 5.78. The normalized spacial score (nSPS) is 17.3. The topological polar surface area (TPSA) is 64.9 Å². The van der Waals surface area contributed by atoms with Gasteiger partial charge in [-0.2, -0.15) is 5.26 Å². The van der Waals surface area contributed by atoms with Crippen LogP contribution in [0.25, 0.3) is 0 Å². The van der Waals surface area contributed by atoms with Gasteiger partial charge < -0.3 is 10.6 Å². The molecule has 4 nitrogen and oxygen atoms in total. The van der Waals surface area contributed by atoms with Gasteiger partial charge in [0.25, 0.3) is 0 Å². The number of rotatable bonds is 2. The van der Waals surface area contributed by atoms with Gasteiger partial charge in [0.15, 0.2) is 0 Å². The maximum atomic E-state index is 11.9. The number of benzene rings is 1. The van der Waals surface area contributed by atoms with Crippen molar-refractivity contribution in [1.29, 1.82) is 5.26 Å². The van der Waals surface area contributed by atoms with E-state index in [0.29, 0.717) is 10.7 Å². The molecule has 2 N–H and O–H groups in total. The van der Waals surface area contributed by atoms with Crippen LogP contribution in [0.3, 0.4) is 0 Å². The minimum Gasteiger partial charge on any atom is -0.319 e. The Hall–Kier alpha value is -1.73. The quantitative estimate of drug-likeness (QED) is 0.866. The lowest BCUT2D eigenvalue weighted by Gasteiger charge is -2.31. The van der Waals surface area contributed by atoms with E-state index >= 15 is 0 Å². The Morgan fingerprint density at radius 1 is 1.21 bits per heavy atom. The van der Waals surface area contributed by atoms with Crippen LogP contribution < -0.4 is 10.6 Å². The van der Waals surface area contributed by atoms with Crippen LogP contribution in [-0.2, 0) is 0 Å². The first-order chi connectivity index (χ1) is 9.13. The van der Waals surface area contributed by atoms with Crippen LogP contribution in [-0.4, -0.2) is 11.6 Å². The molecular formula is C14H16ClN3O. The summed E-state index contributed by atoms with van der Waals surface area (Å²) in [6, 6.07) is 8.77. The standard InChI is InChI=1S/C14H16ClN3O/c15-11-4-6-12(7-5-11)17-13(19)18-14(10-16)8-2-1-3-9-14/h4-7H,1-3,8-9H2,(H2,17,18,19). The molecule has 0 bridgehead atoms. The summed E-state index contributed by atoms with van der Waals surface area (Å²) in [5.74, 6) is 0. The van der Waals surface area contributed by atoms with E-state index in [0.717, 1.165) is 32.1 Å². The molecule has 1 aliphatic rings. The van der Waals surface area contributed by atoms with Gasteiger partial charge in [-0.25, -0.2) is 4.79 Å². The summed E-state index contributed by atoms with van der Waals surface area (Å²) in [5, 5.41) is 15.4. The number of nitrogens with zero attached hydrogens (tertiary/aromatic N) is 1. The third-order valence-electron chi connectivity index (χ3n) is 3.38. The van der Waals surface area contributed by atoms with Crippen molar-refractivity contribution < 1.29 is 4.79 Å². The molecule has 0 saturated heterocycles. The summed E-state index contributed by atoms with van der Waals surface area (Å²) in [7, 11) is 0. The van der Waals surface area contributed by atoms with Crippen molar-refractivity contribution >= 4 is 23.3 Å². The number of carbonyl (C=O) groups is 1. The second-order valence-electron chi connectivity index (χ2n) is 4.84. The molecule has 1 saturated carbocycles. The molecule has 0 atom stereocenters. The largest absolute Gasteiger partial charge is 0.320 e. The van der Waals surface area contributed by atoms with E-state index in [1.54, 1.807) is 24.3 Å². The second kappa shape index (κ2) is 5.94. The number of nitrogens with one attached hydrogen (secondary N) is 2. The van der Waals surface area contributed by atoms with E-state index in [9.17, 15) is 10.1 Å². The number of carbonyl (C=O) groups excluding carboxylic acids is 1. The van der Waals surface area contributed by atoms with Crippen LogP contribution in [0.1, 0.15) is 32.1 Å². The number of hydrogen-bond acceptors (Lipinski definition) is 2. The monoisotopic (exact) mass is 277 g/mol. The highest BCUT2D eigenvalue weighted by Crippen LogP contribution is 2.27. The molecule has 0 radical (unpaired) electrons. The first kappa shape index (κ1) is 13.7. The van der Waals surface area contributed by atoms with Gasteiger partial charge in [-0.15, -0.1) is 0 Å². The van der Waals surface area contributed by atoms with Gasteiger partial charge in [0.1, 0.15) is 5.54 Å². The fourth-order valence-corrected chi connectivity index (χ4v) is 2.46. The molecular weight excluding hydrogens is 262 g/mol. The maximum Gasteiger partial charge on any atom is 0.320 e. The third kappa shape index (κ3) is 3.62. The van der Waals surface area contributed by atoms with Gasteiger partial charge in [-0.05, 0) is 37.1 Å². The Kier molecular flexibility index (Phi) is 4.28. The molecule has 5 heteroatoms. The lowest BCUT2D eigenvalue weighted by atomic mass is 9.83. The first-order valence-corrected chi connectivity index (χ1v) is 6.77. The Labute approximate surface area is 117 Å². The highest BCUT2D eigenvalue weighted by Gasteiger charge is 2.33. The van der Waals surface area contributed by atoms with Crippen molar-refractivity contribution in [3.05, 3.63) is 29.3 Å². The van der Waals surface area contributed by atoms with Crippen molar-refractivity contribution in [1.82, 2.24) is 5.32 Å². The van der Waals surface area contributed by atoms with E-state index in [4.69, 9.17) is 11.6 Å². The molecule has 2 amide bonds. The van der Waals surface area contributed by atoms with Crippen molar-refractivity contribution in [3.8, 4) is 6.07 Å². The summed E-state index contributed by atoms with van der Waals surface area (Å²) in [6.45, 7) is 0. The van der Waals surface area contributed by atoms with Crippen molar-refractivity contribution in [3.63, 3.8) is 0 Å². The number of hydrogen-bond donors (Lipinski definition) is 2. The van der Waals surface area contributed by atoms with Crippen LogP contribution in [0.5, 0.6) is 0 Å². The van der Waals surface area contributed by atoms with Crippen molar-refractivity contribution in [2.45, 2.75) is 37.6 Å². The van der Waals surface area contributed by atoms with E-state index < -0.39 is 5.54 Å². The maximum absolute atomic E-state index is 11.9. The van der Waals surface area contributed by atoms with Crippen LogP contribution in [0.4, 0.5) is 10.5 Å². The predicted octanol–water partition coefficient (Wildman–Crippen LogP) is 3.69. The highest BCUT2D eigenvalue weighted by molar-refractivity contribution is 6.30. The van der Waals surface area contributed by atoms with Crippen LogP contribution in [0, 0.1) is 11.3 Å². The molecule has 0 unspecified atom stereocenters. The van der Waals surface area contributed by atoms with Crippen LogP contribution in [0.15, 0.2) is 24.3 Å². The molecule has 0 aromatic heterocycles. The summed E-state index contributed by atoms with van der Waals surface area (Å²) < 4.78 is 0. The molecule has 0 aliphatic heterocycles. The molecule has 1 aromatic carbocycles. The van der Waals surface area contributed by atoms with E-state index in [1.807, 2.05) is 0 Å². The predicted molar refractivity (Wildman–Crippen MR) is 75.0 cm³/mol. The number of anilines is 1. The van der Waals surface area contributed by atoms with Crippen LogP contribution >= 0.6 is 11.6 Å². The van der Waals surface area contributed by atoms with E-state index in [1.165, 1.54) is 0 Å². The zero-order valence-corrected chi connectivity index (χ0v) is 11.3. The molecule has 0 heterocycles. The van der Waals surface area contributed by atoms with Crippen molar-refractivity contribution in [2.24, 2.45) is 0 Å². The Morgan fingerprint density at radius 2 is 1.84 bits per heavy atom. The second-order valence-corrected chi connectivity index (χ2v) is 5.28. The van der Waals surface area contributed by atoms with Crippen LogP contribution in [0.2, 0.25) is 5.02 Å². The Balaban J connectivity index is 1.96. The van der Waals surface area contributed by atoms with Gasteiger partial charge in [0.2, 0.25) is 0 Å². The fraction of sp³-hybridized carbons (Fsp3) is 0.429. The average Bonchev–Trinajstić information content (AvgIpc) is 2.42. The number of halogens is 1. The van der Waals surface area contributed by atoms with Gasteiger partial charge >= 0.3 is 6.03 Å². The van der Waals surface area contributed by atoms with Gasteiger partial charge in [0, 0.05) is 10.7 Å². The van der Waals surface area contributed by atoms with Crippen molar-refractivity contribution in [2.75, 3.05) is 5.32 Å². The molecule has 2 rings (SSSR count). The Bertz CT molecular complexity index is 486. The summed E-state index contributed by atoms with van der Waals surface area (Å²) in [4.78, 5) is 11.9. The van der Waals surface area contributed by atoms with E-state index in [2.05, 4.69) is 16.7 Å². The number of nitriles is 1. The van der Waals surface area contributed by atoms with E-state index in [-0.39, 0.29) is 6.03 Å². The zero-order chi connectivity index (χ0) is 13.7. The molecule has 1 aromatic rings. The van der Waals surface area contributed by atoms with Gasteiger partial charge in [-0.3, -0.25) is 0 Å². The number of amides is 2. The molecule has 0 spiro atoms. The Morgan fingerprint density at radius 3 is 2.42 bits per heavy atom. The first-order valence-electron chi connectivity index (χ1n) is 6.40. The lowest BCUT2D eigenvalue weighted by molar-refractivity contribution is 0.233. The summed E-state index contributed by atoms with van der Waals surface area (Å²) in [5.41, 5.74) is -0.0554. The smallest absolute Gasteiger partial charge is 0.319 e. The molecule has 1 fully saturated rings. The molecule has 1 aliphatic carbocycles. The molecule has 19 heavy (non-hydrogen) atoms. The van der Waals surface area contributed by atoms with Gasteiger partial charge in [0.05, 0.1) is 6.07 Å². The lowest BCUT2D eigenvalue weighted by Crippen LogP contribution is -2.50. The average molecular weight is 278 g/mol.